The number of unbranched alkanes of at least 4 members (excludes halogenated alkanes) is 1. The maximum absolute atomic E-state index is 14.2. The summed E-state index contributed by atoms with van der Waals surface area (Å²) in [5, 5.41) is 3.36. The molecule has 1 aliphatic heterocycles. The Labute approximate surface area is 135 Å². The molecule has 1 aromatic carbocycles. The standard InChI is InChI=1S/C15H22BrFN2.ClH/c1-2-3-7-14(19-10-8-18-9-11-19)15-12(16)5-4-6-13(15)17;/h4-6,14,18H,2-3,7-11H2,1H3;1H/t14-;/m0./s1. The Morgan fingerprint density at radius 2 is 2.05 bits per heavy atom. The van der Waals surface area contributed by atoms with Crippen LogP contribution < -0.4 is 5.32 Å². The van der Waals surface area contributed by atoms with Crippen molar-refractivity contribution in [3.63, 3.8) is 0 Å². The van der Waals surface area contributed by atoms with Crippen LogP contribution in [-0.2, 0) is 0 Å². The molecule has 0 radical (unpaired) electrons. The zero-order chi connectivity index (χ0) is 13.7. The van der Waals surface area contributed by atoms with Crippen LogP contribution in [0.15, 0.2) is 22.7 Å². The highest BCUT2D eigenvalue weighted by Gasteiger charge is 2.25. The highest BCUT2D eigenvalue weighted by molar-refractivity contribution is 9.10. The minimum absolute atomic E-state index is 0. The van der Waals surface area contributed by atoms with Gasteiger partial charge in [0, 0.05) is 42.3 Å². The Bertz CT molecular complexity index is 391. The van der Waals surface area contributed by atoms with E-state index >= 15 is 0 Å². The number of benzene rings is 1. The fourth-order valence-electron chi connectivity index (χ4n) is 2.73. The summed E-state index contributed by atoms with van der Waals surface area (Å²) in [7, 11) is 0. The largest absolute Gasteiger partial charge is 0.314 e. The van der Waals surface area contributed by atoms with Crippen LogP contribution in [0.2, 0.25) is 0 Å². The molecule has 2 rings (SSSR count). The molecule has 5 heteroatoms. The van der Waals surface area contributed by atoms with Crippen molar-refractivity contribution in [2.75, 3.05) is 26.2 Å². The van der Waals surface area contributed by atoms with Gasteiger partial charge in [0.2, 0.25) is 0 Å². The third kappa shape index (κ3) is 4.42. The van der Waals surface area contributed by atoms with Crippen LogP contribution in [0.5, 0.6) is 0 Å². The summed E-state index contributed by atoms with van der Waals surface area (Å²) in [4.78, 5) is 2.41. The Hall–Kier alpha value is -0.160. The quantitative estimate of drug-likeness (QED) is 0.843. The molecule has 0 unspecified atom stereocenters. The maximum atomic E-state index is 14.2. The van der Waals surface area contributed by atoms with Gasteiger partial charge >= 0.3 is 0 Å². The van der Waals surface area contributed by atoms with Crippen LogP contribution >= 0.6 is 28.3 Å². The van der Waals surface area contributed by atoms with Gasteiger partial charge in [-0.05, 0) is 18.6 Å². The van der Waals surface area contributed by atoms with Gasteiger partial charge in [0.15, 0.2) is 0 Å². The lowest BCUT2D eigenvalue weighted by Crippen LogP contribution is -2.45. The van der Waals surface area contributed by atoms with Crippen molar-refractivity contribution in [1.82, 2.24) is 10.2 Å². The average Bonchev–Trinajstić information content (AvgIpc) is 2.43. The molecule has 0 saturated carbocycles. The SMILES string of the molecule is CCCC[C@@H](c1c(F)cccc1Br)N1CCNCC1.Cl. The molecule has 1 atom stereocenters. The van der Waals surface area contributed by atoms with Crippen LogP contribution in [-0.4, -0.2) is 31.1 Å². The lowest BCUT2D eigenvalue weighted by Gasteiger charge is -2.36. The van der Waals surface area contributed by atoms with Crippen molar-refractivity contribution in [1.29, 1.82) is 0 Å². The predicted octanol–water partition coefficient (Wildman–Crippen LogP) is 4.15. The number of hydrogen-bond donors (Lipinski definition) is 1. The number of hydrogen-bond acceptors (Lipinski definition) is 2. The fraction of sp³-hybridized carbons (Fsp3) is 0.600. The predicted molar refractivity (Wildman–Crippen MR) is 88.1 cm³/mol. The van der Waals surface area contributed by atoms with Crippen LogP contribution in [0.1, 0.15) is 37.8 Å². The van der Waals surface area contributed by atoms with Crippen molar-refractivity contribution < 1.29 is 4.39 Å². The van der Waals surface area contributed by atoms with E-state index < -0.39 is 0 Å². The second-order valence-electron chi connectivity index (χ2n) is 5.08. The van der Waals surface area contributed by atoms with E-state index in [4.69, 9.17) is 0 Å². The van der Waals surface area contributed by atoms with E-state index in [1.165, 1.54) is 0 Å². The van der Waals surface area contributed by atoms with Crippen molar-refractivity contribution in [3.8, 4) is 0 Å². The van der Waals surface area contributed by atoms with Crippen molar-refractivity contribution in [3.05, 3.63) is 34.1 Å². The molecule has 0 aliphatic carbocycles. The second kappa shape index (κ2) is 8.98. The molecule has 0 amide bonds. The molecule has 1 heterocycles. The zero-order valence-electron chi connectivity index (χ0n) is 11.9. The number of rotatable bonds is 5. The average molecular weight is 366 g/mol. The molecule has 1 fully saturated rings. The highest BCUT2D eigenvalue weighted by Crippen LogP contribution is 2.33. The Morgan fingerprint density at radius 1 is 1.35 bits per heavy atom. The normalized spacial score (nSPS) is 17.6. The van der Waals surface area contributed by atoms with Gasteiger partial charge in [0.25, 0.3) is 0 Å². The highest BCUT2D eigenvalue weighted by atomic mass is 79.9. The van der Waals surface area contributed by atoms with Crippen LogP contribution in [0.25, 0.3) is 0 Å². The number of piperazine rings is 1. The molecular formula is C15H23BrClFN2. The molecular weight excluding hydrogens is 343 g/mol. The summed E-state index contributed by atoms with van der Waals surface area (Å²) in [5.41, 5.74) is 0.831. The van der Waals surface area contributed by atoms with E-state index in [1.807, 2.05) is 6.07 Å². The molecule has 20 heavy (non-hydrogen) atoms. The fourth-order valence-corrected chi connectivity index (χ4v) is 3.34. The molecule has 0 aromatic heterocycles. The summed E-state index contributed by atoms with van der Waals surface area (Å²) in [6.45, 7) is 6.17. The van der Waals surface area contributed by atoms with E-state index in [9.17, 15) is 4.39 Å². The number of nitrogens with one attached hydrogen (secondary N) is 1. The zero-order valence-corrected chi connectivity index (χ0v) is 14.3. The van der Waals surface area contributed by atoms with Crippen molar-refractivity contribution >= 4 is 28.3 Å². The van der Waals surface area contributed by atoms with Gasteiger partial charge in [0.05, 0.1) is 0 Å². The third-order valence-electron chi connectivity index (χ3n) is 3.76. The molecule has 1 aromatic rings. The second-order valence-corrected chi connectivity index (χ2v) is 5.93. The molecule has 2 nitrogen and oxygen atoms in total. The van der Waals surface area contributed by atoms with Crippen LogP contribution in [0, 0.1) is 5.82 Å². The van der Waals surface area contributed by atoms with Gasteiger partial charge in [0.1, 0.15) is 5.82 Å². The van der Waals surface area contributed by atoms with Crippen molar-refractivity contribution in [2.45, 2.75) is 32.2 Å². The lowest BCUT2D eigenvalue weighted by molar-refractivity contribution is 0.159. The molecule has 1 N–H and O–H groups in total. The van der Waals surface area contributed by atoms with Crippen molar-refractivity contribution in [2.24, 2.45) is 0 Å². The monoisotopic (exact) mass is 364 g/mol. The molecule has 1 aliphatic rings. The van der Waals surface area contributed by atoms with Crippen LogP contribution in [0.3, 0.4) is 0 Å². The Balaban J connectivity index is 0.00000200. The topological polar surface area (TPSA) is 15.3 Å². The van der Waals surface area contributed by atoms with Gasteiger partial charge in [-0.25, -0.2) is 4.39 Å². The lowest BCUT2D eigenvalue weighted by atomic mass is 9.98. The van der Waals surface area contributed by atoms with E-state index in [0.717, 1.165) is 55.5 Å². The summed E-state index contributed by atoms with van der Waals surface area (Å²) < 4.78 is 15.1. The number of halogens is 3. The first-order valence-corrected chi connectivity index (χ1v) is 7.92. The summed E-state index contributed by atoms with van der Waals surface area (Å²) in [5.74, 6) is -0.0889. The molecule has 114 valence electrons. The molecule has 1 saturated heterocycles. The van der Waals surface area contributed by atoms with Gasteiger partial charge in [-0.1, -0.05) is 41.8 Å². The van der Waals surface area contributed by atoms with Gasteiger partial charge in [-0.15, -0.1) is 12.4 Å². The smallest absolute Gasteiger partial charge is 0.129 e. The number of nitrogens with zero attached hydrogens (tertiary/aromatic N) is 1. The van der Waals surface area contributed by atoms with E-state index in [1.54, 1.807) is 12.1 Å². The van der Waals surface area contributed by atoms with E-state index in [2.05, 4.69) is 33.1 Å². The Morgan fingerprint density at radius 3 is 2.65 bits per heavy atom. The first-order chi connectivity index (χ1) is 9.24. The van der Waals surface area contributed by atoms with Gasteiger partial charge in [-0.3, -0.25) is 4.90 Å². The minimum Gasteiger partial charge on any atom is -0.314 e. The van der Waals surface area contributed by atoms with Gasteiger partial charge in [-0.2, -0.15) is 0 Å². The summed E-state index contributed by atoms with van der Waals surface area (Å²) in [6.07, 6.45) is 3.31. The molecule has 0 bridgehead atoms. The first kappa shape index (κ1) is 17.9. The summed E-state index contributed by atoms with van der Waals surface area (Å²) >= 11 is 3.52. The Kier molecular flexibility index (Phi) is 8.03. The van der Waals surface area contributed by atoms with E-state index in [0.29, 0.717) is 0 Å². The minimum atomic E-state index is -0.0889. The summed E-state index contributed by atoms with van der Waals surface area (Å²) in [6, 6.07) is 5.47. The van der Waals surface area contributed by atoms with Crippen LogP contribution in [0.4, 0.5) is 4.39 Å². The van der Waals surface area contributed by atoms with E-state index in [-0.39, 0.29) is 24.3 Å². The molecule has 0 spiro atoms. The van der Waals surface area contributed by atoms with Gasteiger partial charge < -0.3 is 5.32 Å². The maximum Gasteiger partial charge on any atom is 0.129 e. The third-order valence-corrected chi connectivity index (χ3v) is 4.45. The first-order valence-electron chi connectivity index (χ1n) is 7.12.